The lowest BCUT2D eigenvalue weighted by Crippen LogP contribution is -2.20. The summed E-state index contributed by atoms with van der Waals surface area (Å²) in [6.07, 6.45) is 3.91. The lowest BCUT2D eigenvalue weighted by atomic mass is 9.94. The normalized spacial score (nSPS) is 10.8. The molecule has 6 nitrogen and oxygen atoms in total. The molecule has 6 heteroatoms. The number of rotatable bonds is 9. The van der Waals surface area contributed by atoms with Gasteiger partial charge in [-0.25, -0.2) is 4.98 Å². The number of ether oxygens (including phenoxy) is 1. The molecule has 3 N–H and O–H groups in total. The van der Waals surface area contributed by atoms with Crippen LogP contribution in [0.4, 0.5) is 0 Å². The zero-order valence-electron chi connectivity index (χ0n) is 19.4. The number of hydrogen-bond acceptors (Lipinski definition) is 5. The van der Waals surface area contributed by atoms with Crippen molar-refractivity contribution in [3.8, 4) is 28.3 Å². The summed E-state index contributed by atoms with van der Waals surface area (Å²) in [4.78, 5) is 20.5. The Morgan fingerprint density at radius 1 is 0.971 bits per heavy atom. The summed E-state index contributed by atoms with van der Waals surface area (Å²) in [5.41, 5.74) is 13.3. The van der Waals surface area contributed by atoms with Crippen molar-refractivity contribution in [3.05, 3.63) is 101 Å². The van der Waals surface area contributed by atoms with Crippen LogP contribution in [0, 0.1) is 6.92 Å². The van der Waals surface area contributed by atoms with E-state index < -0.39 is 5.91 Å². The first-order chi connectivity index (χ1) is 16.6. The van der Waals surface area contributed by atoms with Crippen molar-refractivity contribution in [3.63, 3.8) is 0 Å². The molecule has 0 bridgehead atoms. The summed E-state index contributed by atoms with van der Waals surface area (Å²) in [6.45, 7) is 3.38. The molecule has 0 saturated carbocycles. The summed E-state index contributed by atoms with van der Waals surface area (Å²) in [7, 11) is 1.64. The molecule has 172 valence electrons. The first kappa shape index (κ1) is 23.1. The smallest absolute Gasteiger partial charge is 0.249 e. The van der Waals surface area contributed by atoms with Gasteiger partial charge in [-0.05, 0) is 54.3 Å². The third-order valence-corrected chi connectivity index (χ3v) is 5.88. The molecule has 1 amide bonds. The number of nitrogens with zero attached hydrogens (tertiary/aromatic N) is 2. The van der Waals surface area contributed by atoms with Gasteiger partial charge in [0.15, 0.2) is 0 Å². The average molecular weight is 453 g/mol. The molecule has 0 unspecified atom stereocenters. The van der Waals surface area contributed by atoms with Crippen LogP contribution in [0.15, 0.2) is 79.1 Å². The molecule has 0 aliphatic heterocycles. The molecule has 2 heterocycles. The molecule has 2 aromatic carbocycles. The number of carbonyl (C=O) groups is 1. The highest BCUT2D eigenvalue weighted by Gasteiger charge is 2.13. The number of carbonyl (C=O) groups excluding carboxylic acids is 1. The van der Waals surface area contributed by atoms with E-state index in [2.05, 4.69) is 47.6 Å². The van der Waals surface area contributed by atoms with E-state index in [4.69, 9.17) is 15.5 Å². The highest BCUT2D eigenvalue weighted by molar-refractivity contribution is 5.94. The van der Waals surface area contributed by atoms with Gasteiger partial charge in [-0.2, -0.15) is 0 Å². The number of hydrogen-bond donors (Lipinski definition) is 2. The quantitative estimate of drug-likeness (QED) is 0.364. The van der Waals surface area contributed by atoms with Crippen molar-refractivity contribution in [2.75, 3.05) is 13.7 Å². The van der Waals surface area contributed by atoms with E-state index in [0.717, 1.165) is 22.4 Å². The summed E-state index contributed by atoms with van der Waals surface area (Å²) in [6, 6.07) is 22.4. The summed E-state index contributed by atoms with van der Waals surface area (Å²) >= 11 is 0. The molecule has 0 atom stereocenters. The van der Waals surface area contributed by atoms with Gasteiger partial charge < -0.3 is 15.8 Å². The van der Waals surface area contributed by atoms with E-state index in [1.54, 1.807) is 25.6 Å². The van der Waals surface area contributed by atoms with Gasteiger partial charge in [0, 0.05) is 35.6 Å². The Morgan fingerprint density at radius 2 is 1.76 bits per heavy atom. The number of benzene rings is 2. The molecule has 0 aliphatic rings. The van der Waals surface area contributed by atoms with Gasteiger partial charge in [0.1, 0.15) is 0 Å². The van der Waals surface area contributed by atoms with E-state index in [0.29, 0.717) is 31.0 Å². The molecule has 0 radical (unpaired) electrons. The van der Waals surface area contributed by atoms with Crippen molar-refractivity contribution in [2.45, 2.75) is 19.9 Å². The van der Waals surface area contributed by atoms with Crippen LogP contribution in [0.5, 0.6) is 5.88 Å². The number of nitrogens with two attached hydrogens (primary N) is 1. The van der Waals surface area contributed by atoms with Crippen LogP contribution < -0.4 is 15.8 Å². The van der Waals surface area contributed by atoms with Crippen LogP contribution >= 0.6 is 0 Å². The first-order valence-electron chi connectivity index (χ1n) is 11.2. The van der Waals surface area contributed by atoms with Gasteiger partial charge in [0.05, 0.1) is 12.8 Å². The second kappa shape index (κ2) is 10.7. The second-order valence-corrected chi connectivity index (χ2v) is 8.03. The molecule has 0 saturated heterocycles. The maximum Gasteiger partial charge on any atom is 0.249 e. The Morgan fingerprint density at radius 3 is 2.53 bits per heavy atom. The predicted molar refractivity (Wildman–Crippen MR) is 135 cm³/mol. The van der Waals surface area contributed by atoms with Gasteiger partial charge in [0.2, 0.25) is 11.8 Å². The average Bonchev–Trinajstić information content (AvgIpc) is 2.87. The van der Waals surface area contributed by atoms with E-state index in [1.807, 2.05) is 30.3 Å². The molecule has 0 spiro atoms. The fraction of sp³-hybridized carbons (Fsp3) is 0.179. The fourth-order valence-electron chi connectivity index (χ4n) is 4.09. The van der Waals surface area contributed by atoms with Gasteiger partial charge in [0.25, 0.3) is 0 Å². The maximum absolute atomic E-state index is 11.6. The van der Waals surface area contributed by atoms with Crippen molar-refractivity contribution >= 4 is 5.91 Å². The summed E-state index contributed by atoms with van der Waals surface area (Å²) in [5.74, 6) is 0.152. The molecular weight excluding hydrogens is 424 g/mol. The number of nitrogens with one attached hydrogen (secondary N) is 1. The fourth-order valence-corrected chi connectivity index (χ4v) is 4.09. The topological polar surface area (TPSA) is 90.1 Å². The van der Waals surface area contributed by atoms with Crippen molar-refractivity contribution in [2.24, 2.45) is 5.73 Å². The van der Waals surface area contributed by atoms with E-state index in [1.165, 1.54) is 16.7 Å². The van der Waals surface area contributed by atoms with Crippen molar-refractivity contribution in [1.29, 1.82) is 0 Å². The monoisotopic (exact) mass is 452 g/mol. The van der Waals surface area contributed by atoms with Crippen molar-refractivity contribution < 1.29 is 9.53 Å². The number of methoxy groups -OCH3 is 1. The first-order valence-corrected chi connectivity index (χ1v) is 11.2. The van der Waals surface area contributed by atoms with Crippen LogP contribution in [0.25, 0.3) is 22.4 Å². The highest BCUT2D eigenvalue weighted by Crippen LogP contribution is 2.32. The van der Waals surface area contributed by atoms with Gasteiger partial charge in [-0.15, -0.1) is 0 Å². The number of aromatic nitrogens is 2. The zero-order valence-corrected chi connectivity index (χ0v) is 19.4. The van der Waals surface area contributed by atoms with Gasteiger partial charge in [-0.3, -0.25) is 9.78 Å². The van der Waals surface area contributed by atoms with E-state index in [9.17, 15) is 4.79 Å². The molecule has 0 aliphatic carbocycles. The SMILES string of the molecule is COc1nc(-c2cccc(-c3ccccc3)c2C)ccc1CNCCc1cnccc1C(N)=O. The predicted octanol–water partition coefficient (Wildman–Crippen LogP) is 4.56. The van der Waals surface area contributed by atoms with Crippen LogP contribution in [-0.4, -0.2) is 29.5 Å². The minimum absolute atomic E-state index is 0.439. The molecule has 4 rings (SSSR count). The third kappa shape index (κ3) is 5.13. The molecule has 2 aromatic heterocycles. The molecule has 34 heavy (non-hydrogen) atoms. The van der Waals surface area contributed by atoms with Gasteiger partial charge >= 0.3 is 0 Å². The number of amides is 1. The van der Waals surface area contributed by atoms with E-state index in [-0.39, 0.29) is 0 Å². The Balaban J connectivity index is 1.48. The Hall–Kier alpha value is -4.03. The molecule has 4 aromatic rings. The zero-order chi connectivity index (χ0) is 23.9. The van der Waals surface area contributed by atoms with E-state index >= 15 is 0 Å². The summed E-state index contributed by atoms with van der Waals surface area (Å²) in [5, 5.41) is 3.39. The summed E-state index contributed by atoms with van der Waals surface area (Å²) < 4.78 is 5.61. The largest absolute Gasteiger partial charge is 0.481 e. The number of pyridine rings is 2. The highest BCUT2D eigenvalue weighted by atomic mass is 16.5. The molecular formula is C28H28N4O2. The standard InChI is InChI=1S/C28H28N4O2/c1-19-23(20-7-4-3-5-8-20)9-6-10-24(19)26-12-11-22(28(32-26)34-2)18-30-15-13-21-17-31-16-14-25(21)27(29)33/h3-12,14,16-17,30H,13,15,18H2,1-2H3,(H2,29,33). The van der Waals surface area contributed by atoms with Crippen LogP contribution in [-0.2, 0) is 13.0 Å². The molecule has 0 fully saturated rings. The number of primary amides is 1. The maximum atomic E-state index is 11.6. The Bertz CT molecular complexity index is 1290. The lowest BCUT2D eigenvalue weighted by molar-refractivity contribution is 0.0999. The van der Waals surface area contributed by atoms with Crippen LogP contribution in [0.2, 0.25) is 0 Å². The Labute approximate surface area is 199 Å². The van der Waals surface area contributed by atoms with Crippen LogP contribution in [0.3, 0.4) is 0 Å². The third-order valence-electron chi connectivity index (χ3n) is 5.88. The lowest BCUT2D eigenvalue weighted by Gasteiger charge is -2.14. The minimum Gasteiger partial charge on any atom is -0.481 e. The van der Waals surface area contributed by atoms with Gasteiger partial charge in [-0.1, -0.05) is 54.6 Å². The van der Waals surface area contributed by atoms with Crippen molar-refractivity contribution in [1.82, 2.24) is 15.3 Å². The minimum atomic E-state index is -0.439. The Kier molecular flexibility index (Phi) is 7.30. The second-order valence-electron chi connectivity index (χ2n) is 8.03. The van der Waals surface area contributed by atoms with Crippen LogP contribution in [0.1, 0.15) is 27.0 Å².